The monoisotopic (exact) mass is 316 g/mol. The Morgan fingerprint density at radius 3 is 1.14 bits per heavy atom. The van der Waals surface area contributed by atoms with E-state index in [-0.39, 0.29) is 62.0 Å². The molecule has 21 heavy (non-hydrogen) atoms. The Bertz CT molecular complexity index is 184. The van der Waals surface area contributed by atoms with Gasteiger partial charge in [-0.3, -0.25) is 0 Å². The van der Waals surface area contributed by atoms with Crippen molar-refractivity contribution in [2.45, 2.75) is 110 Å². The first-order valence-corrected chi connectivity index (χ1v) is 8.85. The Hall–Kier alpha value is 1.67. The molecule has 0 aromatic heterocycles. The summed E-state index contributed by atoms with van der Waals surface area (Å²) in [4.78, 5) is 10.1. The van der Waals surface area contributed by atoms with Crippen LogP contribution >= 0.6 is 0 Å². The van der Waals surface area contributed by atoms with Gasteiger partial charge in [-0.15, -0.1) is 0 Å². The van der Waals surface area contributed by atoms with Gasteiger partial charge in [-0.25, -0.2) is 0 Å². The summed E-state index contributed by atoms with van der Waals surface area (Å²) < 4.78 is 0. The van der Waals surface area contributed by atoms with Crippen molar-refractivity contribution in [2.75, 3.05) is 0 Å². The number of carbonyl (C=O) groups excluding carboxylic acids is 1. The minimum absolute atomic E-state index is 0. The SMILES string of the molecule is CCCCCCCCCCCCCCCCCC=O.[H-].[H-].[Na+].[Na+]. The standard InChI is InChI=1S/C18H36O.2Na.2H/c1-2-3-4-5-6-7-8-9-10-11-12-13-14-15-16-17-18-19;;;;/h18H,2-17H2,1H3;;;;/q;2*+1;2*-1. The molecule has 0 amide bonds. The molecule has 0 bridgehead atoms. The van der Waals surface area contributed by atoms with Crippen LogP contribution in [0.4, 0.5) is 0 Å². The fraction of sp³-hybridized carbons (Fsp3) is 0.944. The molecule has 0 fully saturated rings. The van der Waals surface area contributed by atoms with E-state index >= 15 is 0 Å². The second-order valence-electron chi connectivity index (χ2n) is 5.91. The normalized spacial score (nSPS) is 9.76. The van der Waals surface area contributed by atoms with Crippen molar-refractivity contribution in [3.63, 3.8) is 0 Å². The number of aldehydes is 1. The zero-order valence-corrected chi connectivity index (χ0v) is 19.3. The van der Waals surface area contributed by atoms with Crippen molar-refractivity contribution in [2.24, 2.45) is 0 Å². The molecular weight excluding hydrogens is 278 g/mol. The topological polar surface area (TPSA) is 17.1 Å². The maximum absolute atomic E-state index is 10.1. The van der Waals surface area contributed by atoms with Crippen LogP contribution in [0.25, 0.3) is 0 Å². The van der Waals surface area contributed by atoms with Crippen LogP contribution in [0.1, 0.15) is 113 Å². The van der Waals surface area contributed by atoms with Crippen LogP contribution in [-0.4, -0.2) is 6.29 Å². The molecule has 0 aliphatic heterocycles. The predicted octanol–water partition coefficient (Wildman–Crippen LogP) is 0.680. The summed E-state index contributed by atoms with van der Waals surface area (Å²) in [7, 11) is 0. The summed E-state index contributed by atoms with van der Waals surface area (Å²) in [6.45, 7) is 2.28. The number of carbonyl (C=O) groups is 1. The molecule has 0 unspecified atom stereocenters. The average Bonchev–Trinajstić information content (AvgIpc) is 2.43. The molecule has 0 heterocycles. The summed E-state index contributed by atoms with van der Waals surface area (Å²) in [6.07, 6.45) is 22.6. The summed E-state index contributed by atoms with van der Waals surface area (Å²) in [5.41, 5.74) is 0. The van der Waals surface area contributed by atoms with Crippen LogP contribution in [0.2, 0.25) is 0 Å². The van der Waals surface area contributed by atoms with Crippen LogP contribution in [0, 0.1) is 0 Å². The minimum Gasteiger partial charge on any atom is -1.00 e. The van der Waals surface area contributed by atoms with Crippen LogP contribution in [0.5, 0.6) is 0 Å². The second-order valence-corrected chi connectivity index (χ2v) is 5.91. The first-order valence-electron chi connectivity index (χ1n) is 8.85. The van der Waals surface area contributed by atoms with Crippen molar-refractivity contribution < 1.29 is 66.8 Å². The van der Waals surface area contributed by atoms with Crippen molar-refractivity contribution in [3.8, 4) is 0 Å². The Kier molecular flexibility index (Phi) is 34.8. The smallest absolute Gasteiger partial charge is 1.00 e. The van der Waals surface area contributed by atoms with Gasteiger partial charge in [0.15, 0.2) is 0 Å². The maximum Gasteiger partial charge on any atom is 1.00 e. The molecule has 0 aromatic carbocycles. The van der Waals surface area contributed by atoms with Gasteiger partial charge in [0.05, 0.1) is 0 Å². The summed E-state index contributed by atoms with van der Waals surface area (Å²) in [6, 6.07) is 0. The zero-order chi connectivity index (χ0) is 14.0. The molecule has 0 N–H and O–H groups in total. The van der Waals surface area contributed by atoms with Crippen molar-refractivity contribution in [1.82, 2.24) is 0 Å². The molecule has 3 heteroatoms. The number of rotatable bonds is 16. The van der Waals surface area contributed by atoms with Gasteiger partial charge < -0.3 is 7.65 Å². The zero-order valence-electron chi connectivity index (χ0n) is 17.3. The fourth-order valence-corrected chi connectivity index (χ4v) is 2.60. The number of hydrogen-bond acceptors (Lipinski definition) is 1. The second kappa shape index (κ2) is 26.6. The molecule has 0 atom stereocenters. The van der Waals surface area contributed by atoms with E-state index in [1.807, 2.05) is 0 Å². The molecule has 0 aliphatic rings. The van der Waals surface area contributed by atoms with E-state index in [9.17, 15) is 4.79 Å². The number of unbranched alkanes of at least 4 members (excludes halogenated alkanes) is 15. The fourth-order valence-electron chi connectivity index (χ4n) is 2.60. The van der Waals surface area contributed by atoms with E-state index in [0.717, 1.165) is 19.1 Å². The summed E-state index contributed by atoms with van der Waals surface area (Å²) in [5, 5.41) is 0. The molecule has 0 saturated heterocycles. The molecular formula is C18H38Na2O. The largest absolute Gasteiger partial charge is 1.00 e. The van der Waals surface area contributed by atoms with Gasteiger partial charge in [0.2, 0.25) is 0 Å². The summed E-state index contributed by atoms with van der Waals surface area (Å²) >= 11 is 0. The Labute approximate surface area is 181 Å². The Morgan fingerprint density at radius 1 is 0.571 bits per heavy atom. The summed E-state index contributed by atoms with van der Waals surface area (Å²) in [5.74, 6) is 0. The third-order valence-corrected chi connectivity index (χ3v) is 3.93. The van der Waals surface area contributed by atoms with Gasteiger partial charge in [-0.2, -0.15) is 0 Å². The van der Waals surface area contributed by atoms with E-state index in [1.54, 1.807) is 0 Å². The van der Waals surface area contributed by atoms with Crippen molar-refractivity contribution in [3.05, 3.63) is 0 Å². The predicted molar refractivity (Wildman–Crippen MR) is 87.8 cm³/mol. The van der Waals surface area contributed by atoms with E-state index < -0.39 is 0 Å². The first-order chi connectivity index (χ1) is 9.41. The maximum atomic E-state index is 10.1. The van der Waals surface area contributed by atoms with Gasteiger partial charge in [-0.05, 0) is 6.42 Å². The Morgan fingerprint density at radius 2 is 0.857 bits per heavy atom. The molecule has 0 spiro atoms. The van der Waals surface area contributed by atoms with E-state index in [1.165, 1.54) is 89.9 Å². The molecule has 0 aromatic rings. The van der Waals surface area contributed by atoms with Gasteiger partial charge in [0.25, 0.3) is 0 Å². The third-order valence-electron chi connectivity index (χ3n) is 3.93. The van der Waals surface area contributed by atoms with Crippen LogP contribution in [-0.2, 0) is 4.79 Å². The van der Waals surface area contributed by atoms with Crippen molar-refractivity contribution in [1.29, 1.82) is 0 Å². The van der Waals surface area contributed by atoms with Gasteiger partial charge in [-0.1, -0.05) is 96.8 Å². The molecule has 1 nitrogen and oxygen atoms in total. The van der Waals surface area contributed by atoms with Crippen LogP contribution in [0.3, 0.4) is 0 Å². The van der Waals surface area contributed by atoms with E-state index in [4.69, 9.17) is 0 Å². The molecule has 0 radical (unpaired) electrons. The minimum atomic E-state index is 0. The Balaban J connectivity index is -0.000000270. The molecule has 118 valence electrons. The quantitative estimate of drug-likeness (QED) is 0.232. The first kappa shape index (κ1) is 27.5. The van der Waals surface area contributed by atoms with Gasteiger partial charge in [0.1, 0.15) is 6.29 Å². The van der Waals surface area contributed by atoms with Gasteiger partial charge >= 0.3 is 59.1 Å². The van der Waals surface area contributed by atoms with Gasteiger partial charge in [0, 0.05) is 6.42 Å². The van der Waals surface area contributed by atoms with Crippen LogP contribution in [0.15, 0.2) is 0 Å². The molecule has 0 saturated carbocycles. The third kappa shape index (κ3) is 26.9. The number of hydrogen-bond donors (Lipinski definition) is 0. The van der Waals surface area contributed by atoms with Crippen LogP contribution < -0.4 is 59.1 Å². The average molecular weight is 316 g/mol. The van der Waals surface area contributed by atoms with Crippen molar-refractivity contribution >= 4 is 6.29 Å². The molecule has 0 rings (SSSR count). The molecule has 0 aliphatic carbocycles. The van der Waals surface area contributed by atoms with E-state index in [0.29, 0.717) is 0 Å². The van der Waals surface area contributed by atoms with E-state index in [2.05, 4.69) is 6.92 Å².